The van der Waals surface area contributed by atoms with Gasteiger partial charge in [-0.15, -0.1) is 11.3 Å². The molecule has 0 aliphatic rings. The van der Waals surface area contributed by atoms with E-state index in [4.69, 9.17) is 4.74 Å². The normalized spacial score (nSPS) is 10.3. The Morgan fingerprint density at radius 2 is 2.00 bits per heavy atom. The van der Waals surface area contributed by atoms with E-state index in [0.717, 1.165) is 0 Å². The standard InChI is InChI=1S/C16H14N4O3S2/c1-17-13(21)8-11-9-25-15(19-11)20-14(22)10-2-4-12(5-3-10)23-16-18-6-7-24-16/h2-7,9H,8H2,1H3,(H,17,21)(H,19,20,22). The van der Waals surface area contributed by atoms with E-state index in [2.05, 4.69) is 20.6 Å². The van der Waals surface area contributed by atoms with Crippen LogP contribution in [0.15, 0.2) is 41.2 Å². The molecule has 128 valence electrons. The molecule has 1 aromatic carbocycles. The first-order valence-electron chi connectivity index (χ1n) is 7.28. The summed E-state index contributed by atoms with van der Waals surface area (Å²) in [5.74, 6) is 0.203. The zero-order valence-electron chi connectivity index (χ0n) is 13.2. The number of aromatic nitrogens is 2. The van der Waals surface area contributed by atoms with Crippen LogP contribution in [0.2, 0.25) is 0 Å². The quantitative estimate of drug-likeness (QED) is 0.692. The fraction of sp³-hybridized carbons (Fsp3) is 0.125. The Balaban J connectivity index is 1.60. The van der Waals surface area contributed by atoms with E-state index in [-0.39, 0.29) is 18.2 Å². The number of likely N-dealkylation sites (N-methyl/N-ethyl adjacent to an activating group) is 1. The third-order valence-electron chi connectivity index (χ3n) is 3.12. The molecule has 2 aromatic heterocycles. The van der Waals surface area contributed by atoms with Gasteiger partial charge in [0.25, 0.3) is 11.1 Å². The summed E-state index contributed by atoms with van der Waals surface area (Å²) < 4.78 is 5.55. The second-order valence-electron chi connectivity index (χ2n) is 4.87. The van der Waals surface area contributed by atoms with Crippen LogP contribution in [0.5, 0.6) is 10.9 Å². The highest BCUT2D eigenvalue weighted by Crippen LogP contribution is 2.24. The fourth-order valence-electron chi connectivity index (χ4n) is 1.90. The van der Waals surface area contributed by atoms with E-state index in [0.29, 0.717) is 27.3 Å². The van der Waals surface area contributed by atoms with Gasteiger partial charge in [0.1, 0.15) is 5.75 Å². The van der Waals surface area contributed by atoms with Gasteiger partial charge in [-0.05, 0) is 24.3 Å². The maximum atomic E-state index is 12.3. The topological polar surface area (TPSA) is 93.2 Å². The molecule has 0 radical (unpaired) electrons. The molecule has 0 bridgehead atoms. The third-order valence-corrected chi connectivity index (χ3v) is 4.58. The molecule has 9 heteroatoms. The Morgan fingerprint density at radius 3 is 2.68 bits per heavy atom. The predicted molar refractivity (Wildman–Crippen MR) is 96.5 cm³/mol. The maximum Gasteiger partial charge on any atom is 0.278 e. The zero-order chi connectivity index (χ0) is 17.6. The molecule has 0 unspecified atom stereocenters. The summed E-state index contributed by atoms with van der Waals surface area (Å²) >= 11 is 2.67. The summed E-state index contributed by atoms with van der Waals surface area (Å²) in [4.78, 5) is 31.8. The number of carbonyl (C=O) groups excluding carboxylic acids is 2. The molecule has 2 N–H and O–H groups in total. The number of ether oxygens (including phenoxy) is 1. The molecule has 0 saturated carbocycles. The maximum absolute atomic E-state index is 12.3. The van der Waals surface area contributed by atoms with E-state index < -0.39 is 0 Å². The van der Waals surface area contributed by atoms with Gasteiger partial charge in [-0.2, -0.15) is 0 Å². The lowest BCUT2D eigenvalue weighted by molar-refractivity contribution is -0.120. The smallest absolute Gasteiger partial charge is 0.278 e. The van der Waals surface area contributed by atoms with Gasteiger partial charge < -0.3 is 10.1 Å². The van der Waals surface area contributed by atoms with E-state index in [1.807, 2.05) is 5.38 Å². The van der Waals surface area contributed by atoms with E-state index in [9.17, 15) is 9.59 Å². The Labute approximate surface area is 151 Å². The highest BCUT2D eigenvalue weighted by Gasteiger charge is 2.11. The highest BCUT2D eigenvalue weighted by atomic mass is 32.1. The number of hydrogen-bond donors (Lipinski definition) is 2. The SMILES string of the molecule is CNC(=O)Cc1csc(NC(=O)c2ccc(Oc3nccs3)cc2)n1. The first-order chi connectivity index (χ1) is 12.1. The van der Waals surface area contributed by atoms with Gasteiger partial charge in [0.15, 0.2) is 5.13 Å². The summed E-state index contributed by atoms with van der Waals surface area (Å²) in [6.07, 6.45) is 1.85. The van der Waals surface area contributed by atoms with Crippen molar-refractivity contribution in [1.82, 2.24) is 15.3 Å². The van der Waals surface area contributed by atoms with Gasteiger partial charge in [0.05, 0.1) is 12.1 Å². The third kappa shape index (κ3) is 4.61. The summed E-state index contributed by atoms with van der Waals surface area (Å²) in [7, 11) is 1.57. The van der Waals surface area contributed by atoms with Crippen molar-refractivity contribution in [3.05, 3.63) is 52.5 Å². The number of thiazole rings is 2. The molecular formula is C16H14N4O3S2. The lowest BCUT2D eigenvalue weighted by atomic mass is 10.2. The Kier molecular flexibility index (Phi) is 5.36. The first-order valence-corrected chi connectivity index (χ1v) is 9.03. The number of benzene rings is 1. The second-order valence-corrected chi connectivity index (χ2v) is 6.59. The molecule has 3 rings (SSSR count). The molecular weight excluding hydrogens is 360 g/mol. The second kappa shape index (κ2) is 7.86. The number of nitrogens with one attached hydrogen (secondary N) is 2. The number of nitrogens with zero attached hydrogens (tertiary/aromatic N) is 2. The van der Waals surface area contributed by atoms with Crippen molar-refractivity contribution in [1.29, 1.82) is 0 Å². The van der Waals surface area contributed by atoms with Crippen molar-refractivity contribution in [2.24, 2.45) is 0 Å². The number of rotatable bonds is 6. The molecule has 2 heterocycles. The minimum absolute atomic E-state index is 0.126. The lowest BCUT2D eigenvalue weighted by Crippen LogP contribution is -2.20. The van der Waals surface area contributed by atoms with Crippen molar-refractivity contribution in [3.63, 3.8) is 0 Å². The lowest BCUT2D eigenvalue weighted by Gasteiger charge is -2.04. The summed E-state index contributed by atoms with van der Waals surface area (Å²) in [5, 5.41) is 9.82. The number of amides is 2. The molecule has 2 amide bonds. The van der Waals surface area contributed by atoms with Crippen LogP contribution in [0, 0.1) is 0 Å². The van der Waals surface area contributed by atoms with Gasteiger partial charge in [0, 0.05) is 29.6 Å². The average molecular weight is 374 g/mol. The van der Waals surface area contributed by atoms with Gasteiger partial charge in [-0.25, -0.2) is 9.97 Å². The van der Waals surface area contributed by atoms with Crippen molar-refractivity contribution in [2.45, 2.75) is 6.42 Å². The summed E-state index contributed by atoms with van der Waals surface area (Å²) in [5.41, 5.74) is 1.10. The van der Waals surface area contributed by atoms with E-state index >= 15 is 0 Å². The van der Waals surface area contributed by atoms with Crippen LogP contribution in [0.1, 0.15) is 16.1 Å². The Bertz CT molecular complexity index is 860. The van der Waals surface area contributed by atoms with Crippen LogP contribution in [0.3, 0.4) is 0 Å². The van der Waals surface area contributed by atoms with Crippen molar-refractivity contribution in [3.8, 4) is 10.9 Å². The molecule has 7 nitrogen and oxygen atoms in total. The molecule has 0 aliphatic carbocycles. The van der Waals surface area contributed by atoms with Gasteiger partial charge in [0.2, 0.25) is 5.91 Å². The van der Waals surface area contributed by atoms with Gasteiger partial charge >= 0.3 is 0 Å². The zero-order valence-corrected chi connectivity index (χ0v) is 14.8. The number of carbonyl (C=O) groups is 2. The molecule has 0 aliphatic heterocycles. The molecule has 3 aromatic rings. The Morgan fingerprint density at radius 1 is 1.20 bits per heavy atom. The minimum atomic E-state index is -0.276. The number of anilines is 1. The first kappa shape index (κ1) is 17.1. The summed E-state index contributed by atoms with van der Waals surface area (Å²) in [6, 6.07) is 6.74. The van der Waals surface area contributed by atoms with E-state index in [1.165, 1.54) is 22.7 Å². The van der Waals surface area contributed by atoms with Crippen molar-refractivity contribution < 1.29 is 14.3 Å². The van der Waals surface area contributed by atoms with Gasteiger partial charge in [-0.3, -0.25) is 14.9 Å². The van der Waals surface area contributed by atoms with Crippen molar-refractivity contribution >= 4 is 39.6 Å². The molecule has 0 saturated heterocycles. The number of hydrogen-bond acceptors (Lipinski definition) is 7. The predicted octanol–water partition coefficient (Wildman–Crippen LogP) is 2.93. The largest absolute Gasteiger partial charge is 0.431 e. The van der Waals surface area contributed by atoms with Crippen LogP contribution in [0.25, 0.3) is 0 Å². The average Bonchev–Trinajstić information content (AvgIpc) is 3.27. The Hall–Kier alpha value is -2.78. The van der Waals surface area contributed by atoms with Crippen LogP contribution in [-0.4, -0.2) is 28.8 Å². The monoisotopic (exact) mass is 374 g/mol. The molecule has 0 spiro atoms. The van der Waals surface area contributed by atoms with Crippen LogP contribution >= 0.6 is 22.7 Å². The molecule has 0 fully saturated rings. The summed E-state index contributed by atoms with van der Waals surface area (Å²) in [6.45, 7) is 0. The van der Waals surface area contributed by atoms with Crippen molar-refractivity contribution in [2.75, 3.05) is 12.4 Å². The molecule has 25 heavy (non-hydrogen) atoms. The minimum Gasteiger partial charge on any atom is -0.431 e. The van der Waals surface area contributed by atoms with E-state index in [1.54, 1.807) is 42.9 Å². The van der Waals surface area contributed by atoms with Gasteiger partial charge in [-0.1, -0.05) is 11.3 Å². The van der Waals surface area contributed by atoms with Crippen LogP contribution in [-0.2, 0) is 11.2 Å². The van der Waals surface area contributed by atoms with Crippen LogP contribution < -0.4 is 15.4 Å². The van der Waals surface area contributed by atoms with Crippen LogP contribution in [0.4, 0.5) is 5.13 Å². The molecule has 0 atom stereocenters. The fourth-order valence-corrected chi connectivity index (χ4v) is 3.11. The highest BCUT2D eigenvalue weighted by molar-refractivity contribution is 7.14.